The smallest absolute Gasteiger partial charge is 0.123 e. The van der Waals surface area contributed by atoms with Crippen molar-refractivity contribution in [2.75, 3.05) is 14.2 Å². The monoisotopic (exact) mass is 327 g/mol. The number of methoxy groups -OCH3 is 2. The fraction of sp³-hybridized carbons (Fsp3) is 0.250. The molecule has 5 heteroatoms. The number of halogens is 2. The second-order valence-corrected chi connectivity index (χ2v) is 4.81. The highest BCUT2D eigenvalue weighted by Crippen LogP contribution is 2.23. The Morgan fingerprint density at radius 3 is 2.24 bits per heavy atom. The minimum absolute atomic E-state index is 0. The molecule has 0 aliphatic carbocycles. The van der Waals surface area contributed by atoms with Gasteiger partial charge in [0.15, 0.2) is 0 Å². The van der Waals surface area contributed by atoms with Gasteiger partial charge in [0.25, 0.3) is 0 Å². The molecule has 2 aromatic rings. The third-order valence-electron chi connectivity index (χ3n) is 3.07. The Labute approximate surface area is 136 Å². The lowest BCUT2D eigenvalue weighted by Gasteiger charge is -2.12. The van der Waals surface area contributed by atoms with Gasteiger partial charge in [-0.05, 0) is 24.3 Å². The van der Waals surface area contributed by atoms with E-state index in [2.05, 4.69) is 5.32 Å². The summed E-state index contributed by atoms with van der Waals surface area (Å²) in [6, 6.07) is 13.6. The van der Waals surface area contributed by atoms with Gasteiger partial charge in [-0.1, -0.05) is 29.8 Å². The van der Waals surface area contributed by atoms with Crippen LogP contribution in [0.1, 0.15) is 11.1 Å². The molecule has 0 spiro atoms. The minimum atomic E-state index is 0. The standard InChI is InChI=1S/C16H18ClNO2.ClH/c1-19-15-6-4-3-5-12(15)10-18-11-13-9-14(17)7-8-16(13)20-2;/h3-9,18H,10-11H2,1-2H3;1H. The van der Waals surface area contributed by atoms with Crippen molar-refractivity contribution < 1.29 is 9.47 Å². The molecule has 0 saturated carbocycles. The number of hydrogen-bond donors (Lipinski definition) is 1. The molecule has 114 valence electrons. The summed E-state index contributed by atoms with van der Waals surface area (Å²) in [4.78, 5) is 0. The van der Waals surface area contributed by atoms with Gasteiger partial charge >= 0.3 is 0 Å². The maximum Gasteiger partial charge on any atom is 0.123 e. The number of rotatable bonds is 6. The molecule has 0 amide bonds. The average Bonchev–Trinajstić information content (AvgIpc) is 2.48. The largest absolute Gasteiger partial charge is 0.496 e. The topological polar surface area (TPSA) is 30.5 Å². The van der Waals surface area contributed by atoms with Crippen LogP contribution in [0.25, 0.3) is 0 Å². The molecule has 1 N–H and O–H groups in total. The van der Waals surface area contributed by atoms with E-state index in [-0.39, 0.29) is 12.4 Å². The highest BCUT2D eigenvalue weighted by Gasteiger charge is 2.05. The molecule has 2 aromatic carbocycles. The average molecular weight is 328 g/mol. The summed E-state index contributed by atoms with van der Waals surface area (Å²) in [5.41, 5.74) is 2.16. The molecule has 0 bridgehead atoms. The number of hydrogen-bond acceptors (Lipinski definition) is 3. The number of para-hydroxylation sites is 1. The second kappa shape index (κ2) is 8.78. The van der Waals surface area contributed by atoms with Gasteiger partial charge in [0, 0.05) is 29.2 Å². The molecule has 0 aliphatic rings. The molecule has 0 aliphatic heterocycles. The van der Waals surface area contributed by atoms with Crippen molar-refractivity contribution >= 4 is 24.0 Å². The van der Waals surface area contributed by atoms with Crippen LogP contribution in [-0.2, 0) is 13.1 Å². The summed E-state index contributed by atoms with van der Waals surface area (Å²) in [5.74, 6) is 1.72. The summed E-state index contributed by atoms with van der Waals surface area (Å²) in [7, 11) is 3.34. The highest BCUT2D eigenvalue weighted by molar-refractivity contribution is 6.30. The van der Waals surface area contributed by atoms with Crippen LogP contribution in [0, 0.1) is 0 Å². The van der Waals surface area contributed by atoms with Crippen LogP contribution in [0.3, 0.4) is 0 Å². The fourth-order valence-corrected chi connectivity index (χ4v) is 2.26. The van der Waals surface area contributed by atoms with Crippen LogP contribution < -0.4 is 14.8 Å². The van der Waals surface area contributed by atoms with Crippen LogP contribution in [0.15, 0.2) is 42.5 Å². The maximum atomic E-state index is 6.01. The normalized spacial score (nSPS) is 9.86. The van der Waals surface area contributed by atoms with Crippen molar-refractivity contribution in [3.05, 3.63) is 58.6 Å². The second-order valence-electron chi connectivity index (χ2n) is 4.37. The number of ether oxygens (including phenoxy) is 2. The fourth-order valence-electron chi connectivity index (χ4n) is 2.07. The van der Waals surface area contributed by atoms with E-state index in [0.29, 0.717) is 11.6 Å². The molecular formula is C16H19Cl2NO2. The van der Waals surface area contributed by atoms with Crippen LogP contribution in [0.4, 0.5) is 0 Å². The molecule has 0 fully saturated rings. The first kappa shape index (κ1) is 17.6. The Balaban J connectivity index is 0.00000220. The zero-order valence-corrected chi connectivity index (χ0v) is 13.6. The van der Waals surface area contributed by atoms with Gasteiger partial charge in [-0.3, -0.25) is 0 Å². The highest BCUT2D eigenvalue weighted by atomic mass is 35.5. The zero-order valence-electron chi connectivity index (χ0n) is 12.1. The van der Waals surface area contributed by atoms with Crippen molar-refractivity contribution in [2.24, 2.45) is 0 Å². The molecule has 0 atom stereocenters. The summed E-state index contributed by atoms with van der Waals surface area (Å²) >= 11 is 6.01. The third kappa shape index (κ3) is 4.81. The van der Waals surface area contributed by atoms with Gasteiger partial charge in [0.2, 0.25) is 0 Å². The maximum absolute atomic E-state index is 6.01. The van der Waals surface area contributed by atoms with E-state index in [9.17, 15) is 0 Å². The van der Waals surface area contributed by atoms with Crippen molar-refractivity contribution in [1.29, 1.82) is 0 Å². The number of nitrogens with one attached hydrogen (secondary N) is 1. The van der Waals surface area contributed by atoms with Gasteiger partial charge in [-0.2, -0.15) is 0 Å². The molecular weight excluding hydrogens is 309 g/mol. The van der Waals surface area contributed by atoms with E-state index < -0.39 is 0 Å². The van der Waals surface area contributed by atoms with E-state index in [4.69, 9.17) is 21.1 Å². The van der Waals surface area contributed by atoms with Gasteiger partial charge in [-0.15, -0.1) is 12.4 Å². The molecule has 0 unspecified atom stereocenters. The van der Waals surface area contributed by atoms with Crippen molar-refractivity contribution in [3.63, 3.8) is 0 Å². The van der Waals surface area contributed by atoms with E-state index >= 15 is 0 Å². The molecule has 0 saturated heterocycles. The minimum Gasteiger partial charge on any atom is -0.496 e. The number of benzene rings is 2. The van der Waals surface area contributed by atoms with E-state index in [1.54, 1.807) is 14.2 Å². The van der Waals surface area contributed by atoms with E-state index in [1.807, 2.05) is 42.5 Å². The van der Waals surface area contributed by atoms with Gasteiger partial charge < -0.3 is 14.8 Å². The van der Waals surface area contributed by atoms with Crippen LogP contribution >= 0.6 is 24.0 Å². The van der Waals surface area contributed by atoms with E-state index in [0.717, 1.165) is 29.2 Å². The van der Waals surface area contributed by atoms with Gasteiger partial charge in [-0.25, -0.2) is 0 Å². The lowest BCUT2D eigenvalue weighted by atomic mass is 10.1. The lowest BCUT2D eigenvalue weighted by molar-refractivity contribution is 0.404. The summed E-state index contributed by atoms with van der Waals surface area (Å²) in [5, 5.41) is 4.08. The predicted octanol–water partition coefficient (Wildman–Crippen LogP) is 4.07. The predicted molar refractivity (Wildman–Crippen MR) is 88.8 cm³/mol. The van der Waals surface area contributed by atoms with Gasteiger partial charge in [0.1, 0.15) is 11.5 Å². The van der Waals surface area contributed by atoms with Crippen LogP contribution in [0.5, 0.6) is 11.5 Å². The summed E-state index contributed by atoms with van der Waals surface area (Å²) in [6.07, 6.45) is 0. The molecule has 0 radical (unpaired) electrons. The summed E-state index contributed by atoms with van der Waals surface area (Å²) in [6.45, 7) is 1.40. The van der Waals surface area contributed by atoms with E-state index in [1.165, 1.54) is 0 Å². The molecule has 0 heterocycles. The first-order chi connectivity index (χ1) is 9.74. The Morgan fingerprint density at radius 2 is 1.52 bits per heavy atom. The van der Waals surface area contributed by atoms with Crippen molar-refractivity contribution in [2.45, 2.75) is 13.1 Å². The Bertz CT molecular complexity index is 576. The summed E-state index contributed by atoms with van der Waals surface area (Å²) < 4.78 is 10.7. The molecule has 3 nitrogen and oxygen atoms in total. The Kier molecular flexibility index (Phi) is 7.37. The first-order valence-electron chi connectivity index (χ1n) is 6.39. The first-order valence-corrected chi connectivity index (χ1v) is 6.77. The Hall–Kier alpha value is -1.42. The van der Waals surface area contributed by atoms with Crippen LogP contribution in [-0.4, -0.2) is 14.2 Å². The third-order valence-corrected chi connectivity index (χ3v) is 3.30. The van der Waals surface area contributed by atoms with Crippen LogP contribution in [0.2, 0.25) is 5.02 Å². The molecule has 21 heavy (non-hydrogen) atoms. The SMILES string of the molecule is COc1ccccc1CNCc1cc(Cl)ccc1OC.Cl. The quantitative estimate of drug-likeness (QED) is 0.867. The Morgan fingerprint density at radius 1 is 0.905 bits per heavy atom. The molecule has 2 rings (SSSR count). The van der Waals surface area contributed by atoms with Gasteiger partial charge in [0.05, 0.1) is 14.2 Å². The lowest BCUT2D eigenvalue weighted by Crippen LogP contribution is -2.14. The molecule has 0 aromatic heterocycles. The van der Waals surface area contributed by atoms with Crippen molar-refractivity contribution in [1.82, 2.24) is 5.32 Å². The zero-order chi connectivity index (χ0) is 14.4. The van der Waals surface area contributed by atoms with Crippen molar-refractivity contribution in [3.8, 4) is 11.5 Å².